The van der Waals surface area contributed by atoms with Crippen LogP contribution in [0.1, 0.15) is 50.2 Å². The number of nitro groups is 1. The van der Waals surface area contributed by atoms with Crippen LogP contribution in [-0.2, 0) is 28.5 Å². The molecule has 2 aromatic rings. The zero-order valence-electron chi connectivity index (χ0n) is 23.9. The second-order valence-corrected chi connectivity index (χ2v) is 10.6. The molecule has 0 aliphatic rings. The first kappa shape index (κ1) is 33.5. The highest BCUT2D eigenvalue weighted by Crippen LogP contribution is 2.30. The summed E-state index contributed by atoms with van der Waals surface area (Å²) >= 11 is 0.754. The van der Waals surface area contributed by atoms with Gasteiger partial charge in [-0.1, -0.05) is 0 Å². The SMILES string of the molecule is CC(=O)Nc1cc(NCCOCCOCCOCCC(=O)OC(C)(C)C)ccc1C(=O)Nc1nc(C)c([N+](=O)[O-])s1. The van der Waals surface area contributed by atoms with E-state index in [1.807, 2.05) is 20.8 Å². The third-order valence-electron chi connectivity index (χ3n) is 4.92. The molecule has 0 radical (unpaired) electrons. The number of ether oxygens (including phenoxy) is 4. The van der Waals surface area contributed by atoms with Gasteiger partial charge in [-0.25, -0.2) is 4.98 Å². The summed E-state index contributed by atoms with van der Waals surface area (Å²) in [4.78, 5) is 50.6. The van der Waals surface area contributed by atoms with Crippen LogP contribution in [-0.4, -0.2) is 79.5 Å². The molecule has 226 valence electrons. The first-order valence-corrected chi connectivity index (χ1v) is 13.7. The van der Waals surface area contributed by atoms with E-state index in [1.165, 1.54) is 19.9 Å². The van der Waals surface area contributed by atoms with Crippen molar-refractivity contribution in [3.05, 3.63) is 39.6 Å². The number of anilines is 3. The number of aryl methyl sites for hydroxylation is 1. The van der Waals surface area contributed by atoms with Gasteiger partial charge in [0.1, 0.15) is 11.3 Å². The summed E-state index contributed by atoms with van der Waals surface area (Å²) in [5, 5.41) is 19.3. The normalized spacial score (nSPS) is 11.1. The van der Waals surface area contributed by atoms with Gasteiger partial charge < -0.3 is 29.6 Å². The largest absolute Gasteiger partial charge is 0.460 e. The smallest absolute Gasteiger partial charge is 0.348 e. The molecule has 0 fully saturated rings. The molecule has 1 aromatic heterocycles. The van der Waals surface area contributed by atoms with Gasteiger partial charge in [0.15, 0.2) is 5.13 Å². The summed E-state index contributed by atoms with van der Waals surface area (Å²) in [6, 6.07) is 4.81. The number of carbonyl (C=O) groups is 3. The number of benzene rings is 1. The van der Waals surface area contributed by atoms with Crippen molar-refractivity contribution in [3.8, 4) is 0 Å². The number of aromatic nitrogens is 1. The zero-order valence-corrected chi connectivity index (χ0v) is 24.7. The lowest BCUT2D eigenvalue weighted by Gasteiger charge is -2.19. The number of carbonyl (C=O) groups excluding carboxylic acids is 3. The first-order chi connectivity index (χ1) is 19.4. The van der Waals surface area contributed by atoms with Crippen LogP contribution in [0.4, 0.5) is 21.5 Å². The molecule has 0 aliphatic heterocycles. The molecule has 0 bridgehead atoms. The van der Waals surface area contributed by atoms with E-state index >= 15 is 0 Å². The van der Waals surface area contributed by atoms with Crippen molar-refractivity contribution in [2.45, 2.75) is 46.6 Å². The Morgan fingerprint density at radius 2 is 1.63 bits per heavy atom. The van der Waals surface area contributed by atoms with Gasteiger partial charge >= 0.3 is 11.0 Å². The van der Waals surface area contributed by atoms with Gasteiger partial charge in [0.25, 0.3) is 5.91 Å². The topological polar surface area (TPSA) is 180 Å². The van der Waals surface area contributed by atoms with Gasteiger partial charge in [0, 0.05) is 19.2 Å². The second kappa shape index (κ2) is 16.6. The third-order valence-corrected chi connectivity index (χ3v) is 5.95. The molecule has 15 heteroatoms. The number of nitrogens with zero attached hydrogens (tertiary/aromatic N) is 2. The van der Waals surface area contributed by atoms with Crippen molar-refractivity contribution in [1.29, 1.82) is 0 Å². The molecule has 1 aromatic carbocycles. The van der Waals surface area contributed by atoms with Gasteiger partial charge in [-0.2, -0.15) is 0 Å². The standard InChI is InChI=1S/C26H37N5O9S/c1-17-24(31(35)36)41-25(28-17)30-23(34)20-7-6-19(16-21(20)29-18(2)32)27-9-11-38-13-15-39-14-12-37-10-8-22(33)40-26(3,4)5/h6-7,16,27H,8-15H2,1-5H3,(H,29,32)(H,28,30,34). The maximum absolute atomic E-state index is 12.8. The van der Waals surface area contributed by atoms with Crippen LogP contribution in [0, 0.1) is 17.0 Å². The summed E-state index contributed by atoms with van der Waals surface area (Å²) in [6.07, 6.45) is 0.189. The van der Waals surface area contributed by atoms with E-state index in [-0.39, 0.29) is 52.0 Å². The fourth-order valence-corrected chi connectivity index (χ4v) is 4.06. The van der Waals surface area contributed by atoms with Crippen LogP contribution in [0.5, 0.6) is 0 Å². The van der Waals surface area contributed by atoms with Crippen LogP contribution in [0.15, 0.2) is 18.2 Å². The van der Waals surface area contributed by atoms with Crippen LogP contribution in [0.3, 0.4) is 0 Å². The molecule has 14 nitrogen and oxygen atoms in total. The summed E-state index contributed by atoms with van der Waals surface area (Å²) in [7, 11) is 0. The minimum atomic E-state index is -0.569. The van der Waals surface area contributed by atoms with E-state index in [0.29, 0.717) is 45.3 Å². The molecule has 0 saturated carbocycles. The zero-order chi connectivity index (χ0) is 30.4. The average Bonchev–Trinajstić information content (AvgIpc) is 3.23. The average molecular weight is 596 g/mol. The predicted octanol–water partition coefficient (Wildman–Crippen LogP) is 3.76. The van der Waals surface area contributed by atoms with Crippen LogP contribution < -0.4 is 16.0 Å². The van der Waals surface area contributed by atoms with Gasteiger partial charge in [-0.3, -0.25) is 29.8 Å². The first-order valence-electron chi connectivity index (χ1n) is 12.9. The lowest BCUT2D eigenvalue weighted by molar-refractivity contribution is -0.380. The highest BCUT2D eigenvalue weighted by atomic mass is 32.1. The van der Waals surface area contributed by atoms with E-state index < -0.39 is 16.4 Å². The van der Waals surface area contributed by atoms with Crippen molar-refractivity contribution in [3.63, 3.8) is 0 Å². The van der Waals surface area contributed by atoms with Gasteiger partial charge in [0.05, 0.1) is 62.2 Å². The molecule has 3 N–H and O–H groups in total. The Hall–Kier alpha value is -3.66. The van der Waals surface area contributed by atoms with E-state index in [2.05, 4.69) is 20.9 Å². The highest BCUT2D eigenvalue weighted by molar-refractivity contribution is 7.19. The highest BCUT2D eigenvalue weighted by Gasteiger charge is 2.21. The molecule has 0 atom stereocenters. The molecule has 1 heterocycles. The second-order valence-electron chi connectivity index (χ2n) is 9.66. The quantitative estimate of drug-likeness (QED) is 0.105. The molecule has 0 unspecified atom stereocenters. The maximum atomic E-state index is 12.8. The van der Waals surface area contributed by atoms with E-state index in [4.69, 9.17) is 18.9 Å². The predicted molar refractivity (Wildman–Crippen MR) is 154 cm³/mol. The van der Waals surface area contributed by atoms with Crippen molar-refractivity contribution >= 4 is 50.6 Å². The third kappa shape index (κ3) is 13.0. The van der Waals surface area contributed by atoms with Crippen molar-refractivity contribution < 1.29 is 38.3 Å². The van der Waals surface area contributed by atoms with E-state index in [9.17, 15) is 24.5 Å². The fourth-order valence-electron chi connectivity index (χ4n) is 3.28. The Morgan fingerprint density at radius 1 is 1.00 bits per heavy atom. The number of esters is 1. The minimum Gasteiger partial charge on any atom is -0.460 e. The summed E-state index contributed by atoms with van der Waals surface area (Å²) in [6.45, 7) is 10.9. The number of amides is 2. The molecule has 0 saturated heterocycles. The number of thiazole rings is 1. The minimum absolute atomic E-state index is 0.0852. The Balaban J connectivity index is 1.69. The number of nitrogens with one attached hydrogen (secondary N) is 3. The molecular weight excluding hydrogens is 558 g/mol. The number of hydrogen-bond acceptors (Lipinski definition) is 12. The Labute approximate surface area is 242 Å². The number of hydrogen-bond donors (Lipinski definition) is 3. The lowest BCUT2D eigenvalue weighted by Crippen LogP contribution is -2.24. The molecule has 0 spiro atoms. The molecule has 0 aliphatic carbocycles. The number of rotatable bonds is 17. The Bertz CT molecular complexity index is 1200. The van der Waals surface area contributed by atoms with Crippen molar-refractivity contribution in [2.24, 2.45) is 0 Å². The summed E-state index contributed by atoms with van der Waals surface area (Å²) < 4.78 is 21.5. The summed E-state index contributed by atoms with van der Waals surface area (Å²) in [5.41, 5.74) is 0.779. The van der Waals surface area contributed by atoms with Crippen LogP contribution >= 0.6 is 11.3 Å². The van der Waals surface area contributed by atoms with Crippen LogP contribution in [0.2, 0.25) is 0 Å². The maximum Gasteiger partial charge on any atom is 0.348 e. The lowest BCUT2D eigenvalue weighted by atomic mass is 10.1. The van der Waals surface area contributed by atoms with Gasteiger partial charge in [0.2, 0.25) is 5.91 Å². The van der Waals surface area contributed by atoms with Gasteiger partial charge in [-0.05, 0) is 57.2 Å². The van der Waals surface area contributed by atoms with E-state index in [1.54, 1.807) is 12.1 Å². The van der Waals surface area contributed by atoms with Crippen molar-refractivity contribution in [2.75, 3.05) is 62.1 Å². The monoisotopic (exact) mass is 595 g/mol. The van der Waals surface area contributed by atoms with Crippen molar-refractivity contribution in [1.82, 2.24) is 4.98 Å². The molecule has 2 amide bonds. The molecule has 2 rings (SSSR count). The summed E-state index contributed by atoms with van der Waals surface area (Å²) in [5.74, 6) is -1.24. The van der Waals surface area contributed by atoms with Crippen LogP contribution in [0.25, 0.3) is 0 Å². The fraction of sp³-hybridized carbons (Fsp3) is 0.538. The Morgan fingerprint density at radius 3 is 2.22 bits per heavy atom. The Kier molecular flexibility index (Phi) is 13.6. The van der Waals surface area contributed by atoms with Gasteiger partial charge in [-0.15, -0.1) is 0 Å². The van der Waals surface area contributed by atoms with E-state index in [0.717, 1.165) is 11.3 Å². The molecule has 41 heavy (non-hydrogen) atoms. The molecular formula is C26H37N5O9S.